The maximum atomic E-state index is 12.1. The molecule has 2 amide bonds. The Morgan fingerprint density at radius 2 is 2.04 bits per heavy atom. The summed E-state index contributed by atoms with van der Waals surface area (Å²) in [5.74, 6) is -1.21. The average Bonchev–Trinajstić information content (AvgIpc) is 3.06. The Kier molecular flexibility index (Phi) is 5.40. The van der Waals surface area contributed by atoms with Crippen LogP contribution in [0.2, 0.25) is 0 Å². The highest BCUT2D eigenvalue weighted by atomic mass is 16.5. The molecule has 2 rings (SSSR count). The van der Waals surface area contributed by atoms with Crippen molar-refractivity contribution < 1.29 is 28.3 Å². The maximum Gasteiger partial charge on any atom is 0.374 e. The van der Waals surface area contributed by atoms with E-state index in [9.17, 15) is 14.4 Å². The molecule has 1 aromatic rings. The lowest BCUT2D eigenvalue weighted by Crippen LogP contribution is -2.51. The monoisotopic (exact) mass is 322 g/mol. The number of rotatable bonds is 6. The summed E-state index contributed by atoms with van der Waals surface area (Å²) in [6.45, 7) is 3.44. The fourth-order valence-corrected chi connectivity index (χ4v) is 2.18. The molecule has 0 aromatic carbocycles. The van der Waals surface area contributed by atoms with E-state index in [4.69, 9.17) is 13.9 Å². The minimum atomic E-state index is -0.688. The number of urea groups is 1. The number of carbonyl (C=O) groups is 3. The first kappa shape index (κ1) is 16.6. The van der Waals surface area contributed by atoms with Gasteiger partial charge in [-0.25, -0.2) is 14.4 Å². The highest BCUT2D eigenvalue weighted by Crippen LogP contribution is 2.17. The van der Waals surface area contributed by atoms with E-state index in [2.05, 4.69) is 10.6 Å². The minimum Gasteiger partial charge on any atom is -0.463 e. The van der Waals surface area contributed by atoms with Gasteiger partial charge in [-0.15, -0.1) is 0 Å². The minimum absolute atomic E-state index is 0.0376. The van der Waals surface area contributed by atoms with E-state index in [0.717, 1.165) is 0 Å². The molecule has 0 spiro atoms. The topological polar surface area (TPSA) is 107 Å². The van der Waals surface area contributed by atoms with Crippen LogP contribution < -0.4 is 10.6 Å². The predicted molar refractivity (Wildman–Crippen MR) is 78.4 cm³/mol. The second-order valence-electron chi connectivity index (χ2n) is 4.73. The molecule has 0 fully saturated rings. The zero-order valence-electron chi connectivity index (χ0n) is 12.9. The number of amides is 2. The molecule has 2 heterocycles. The quantitative estimate of drug-likeness (QED) is 0.766. The van der Waals surface area contributed by atoms with Crippen molar-refractivity contribution in [1.82, 2.24) is 10.6 Å². The maximum absolute atomic E-state index is 12.1. The lowest BCUT2D eigenvalue weighted by molar-refractivity contribution is -0.139. The molecule has 8 heteroatoms. The van der Waals surface area contributed by atoms with Crippen LogP contribution in [0.5, 0.6) is 0 Å². The van der Waals surface area contributed by atoms with Crippen molar-refractivity contribution in [3.05, 3.63) is 35.4 Å². The number of ether oxygens (including phenoxy) is 2. The van der Waals surface area contributed by atoms with Crippen LogP contribution in [0.3, 0.4) is 0 Å². The molecule has 1 atom stereocenters. The van der Waals surface area contributed by atoms with Gasteiger partial charge in [0.1, 0.15) is 6.61 Å². The van der Waals surface area contributed by atoms with Crippen LogP contribution in [0, 0.1) is 0 Å². The van der Waals surface area contributed by atoms with Gasteiger partial charge in [0, 0.05) is 0 Å². The van der Waals surface area contributed by atoms with E-state index < -0.39 is 24.0 Å². The molecule has 1 aliphatic heterocycles. The van der Waals surface area contributed by atoms with Crippen molar-refractivity contribution in [1.29, 1.82) is 0 Å². The zero-order valence-corrected chi connectivity index (χ0v) is 12.9. The molecular weight excluding hydrogens is 304 g/mol. The summed E-state index contributed by atoms with van der Waals surface area (Å²) in [5.41, 5.74) is 0.458. The Hall–Kier alpha value is -2.77. The molecule has 23 heavy (non-hydrogen) atoms. The van der Waals surface area contributed by atoms with Crippen molar-refractivity contribution in [3.8, 4) is 0 Å². The van der Waals surface area contributed by atoms with Crippen molar-refractivity contribution in [3.63, 3.8) is 0 Å². The van der Waals surface area contributed by atoms with Crippen molar-refractivity contribution in [2.75, 3.05) is 13.2 Å². The van der Waals surface area contributed by atoms with E-state index in [-0.39, 0.29) is 30.2 Å². The van der Waals surface area contributed by atoms with Crippen LogP contribution in [-0.2, 0) is 14.3 Å². The molecule has 0 aliphatic carbocycles. The second-order valence-corrected chi connectivity index (χ2v) is 4.73. The largest absolute Gasteiger partial charge is 0.463 e. The lowest BCUT2D eigenvalue weighted by Gasteiger charge is -2.28. The summed E-state index contributed by atoms with van der Waals surface area (Å²) >= 11 is 0. The van der Waals surface area contributed by atoms with Gasteiger partial charge in [-0.1, -0.05) is 6.92 Å². The van der Waals surface area contributed by atoms with Crippen LogP contribution in [0.1, 0.15) is 30.8 Å². The van der Waals surface area contributed by atoms with E-state index in [1.807, 2.05) is 6.92 Å². The lowest BCUT2D eigenvalue weighted by atomic mass is 10.0. The molecule has 0 radical (unpaired) electrons. The van der Waals surface area contributed by atoms with Gasteiger partial charge in [0.25, 0.3) is 0 Å². The SMILES string of the molecule is CCOC(=O)C1=C(COC(=O)c2ccco2)NC(=O)N[C@H]1CC. The Labute approximate surface area is 132 Å². The summed E-state index contributed by atoms with van der Waals surface area (Å²) in [4.78, 5) is 35.6. The molecule has 0 unspecified atom stereocenters. The Morgan fingerprint density at radius 3 is 2.65 bits per heavy atom. The van der Waals surface area contributed by atoms with E-state index in [1.54, 1.807) is 13.0 Å². The van der Waals surface area contributed by atoms with Crippen molar-refractivity contribution >= 4 is 18.0 Å². The first-order valence-electron chi connectivity index (χ1n) is 7.25. The molecule has 0 saturated carbocycles. The molecular formula is C15H18N2O6. The van der Waals surface area contributed by atoms with Crippen LogP contribution in [-0.4, -0.2) is 37.2 Å². The first-order chi connectivity index (χ1) is 11.1. The Balaban J connectivity index is 2.19. The number of furan rings is 1. The standard InChI is InChI=1S/C15H18N2O6/c1-3-9-12(14(19)21-4-2)10(17-15(20)16-9)8-23-13(18)11-6-5-7-22-11/h5-7,9H,3-4,8H2,1-2H3,(H2,16,17,20)/t9-/m0/s1. The third-order valence-electron chi connectivity index (χ3n) is 3.22. The molecule has 124 valence electrons. The number of carbonyl (C=O) groups excluding carboxylic acids is 3. The van der Waals surface area contributed by atoms with Crippen LogP contribution in [0.25, 0.3) is 0 Å². The average molecular weight is 322 g/mol. The predicted octanol–water partition coefficient (Wildman–Crippen LogP) is 1.34. The van der Waals surface area contributed by atoms with Gasteiger partial charge in [0.15, 0.2) is 0 Å². The van der Waals surface area contributed by atoms with Crippen LogP contribution in [0.15, 0.2) is 34.1 Å². The number of nitrogens with one attached hydrogen (secondary N) is 2. The van der Waals surface area contributed by atoms with Gasteiger partial charge in [0.05, 0.1) is 30.2 Å². The summed E-state index contributed by atoms with van der Waals surface area (Å²) in [5, 5.41) is 5.12. The van der Waals surface area contributed by atoms with Gasteiger partial charge < -0.3 is 24.5 Å². The third-order valence-corrected chi connectivity index (χ3v) is 3.22. The third kappa shape index (κ3) is 3.91. The van der Waals surface area contributed by atoms with Gasteiger partial charge in [-0.2, -0.15) is 0 Å². The molecule has 0 bridgehead atoms. The van der Waals surface area contributed by atoms with Gasteiger partial charge >= 0.3 is 18.0 Å². The molecule has 1 aliphatic rings. The molecule has 8 nitrogen and oxygen atoms in total. The van der Waals surface area contributed by atoms with Gasteiger partial charge in [-0.3, -0.25) is 0 Å². The summed E-state index contributed by atoms with van der Waals surface area (Å²) in [6.07, 6.45) is 1.84. The summed E-state index contributed by atoms with van der Waals surface area (Å²) < 4.78 is 15.0. The Bertz CT molecular complexity index is 620. The van der Waals surface area contributed by atoms with E-state index in [0.29, 0.717) is 6.42 Å². The number of hydrogen-bond donors (Lipinski definition) is 2. The van der Waals surface area contributed by atoms with Crippen molar-refractivity contribution in [2.24, 2.45) is 0 Å². The smallest absolute Gasteiger partial charge is 0.374 e. The van der Waals surface area contributed by atoms with Crippen LogP contribution in [0.4, 0.5) is 4.79 Å². The normalized spacial score (nSPS) is 17.3. The van der Waals surface area contributed by atoms with Crippen LogP contribution >= 0.6 is 0 Å². The molecule has 2 N–H and O–H groups in total. The fourth-order valence-electron chi connectivity index (χ4n) is 2.18. The van der Waals surface area contributed by atoms with Gasteiger partial charge in [0.2, 0.25) is 5.76 Å². The van der Waals surface area contributed by atoms with Gasteiger partial charge in [-0.05, 0) is 25.5 Å². The first-order valence-corrected chi connectivity index (χ1v) is 7.25. The zero-order chi connectivity index (χ0) is 16.8. The highest BCUT2D eigenvalue weighted by molar-refractivity contribution is 5.95. The highest BCUT2D eigenvalue weighted by Gasteiger charge is 2.32. The Morgan fingerprint density at radius 1 is 1.26 bits per heavy atom. The molecule has 1 aromatic heterocycles. The van der Waals surface area contributed by atoms with E-state index in [1.165, 1.54) is 12.3 Å². The molecule has 0 saturated heterocycles. The van der Waals surface area contributed by atoms with Crippen molar-refractivity contribution in [2.45, 2.75) is 26.3 Å². The second kappa shape index (κ2) is 7.48. The number of esters is 2. The summed E-state index contributed by atoms with van der Waals surface area (Å²) in [7, 11) is 0. The fraction of sp³-hybridized carbons (Fsp3) is 0.400. The summed E-state index contributed by atoms with van der Waals surface area (Å²) in [6, 6.07) is 2.05. The van der Waals surface area contributed by atoms with E-state index >= 15 is 0 Å². The number of hydrogen-bond acceptors (Lipinski definition) is 6.